The smallest absolute Gasteiger partial charge is 0.259 e. The van der Waals surface area contributed by atoms with Crippen LogP contribution in [0, 0.1) is 12.8 Å². The van der Waals surface area contributed by atoms with E-state index < -0.39 is 0 Å². The fraction of sp³-hybridized carbons (Fsp3) is 0.667. The molecule has 0 saturated heterocycles. The molecule has 2 aliphatic rings. The van der Waals surface area contributed by atoms with E-state index in [2.05, 4.69) is 21.5 Å². The Hall–Kier alpha value is -1.91. The highest BCUT2D eigenvalue weighted by Gasteiger charge is 2.20. The lowest BCUT2D eigenvalue weighted by molar-refractivity contribution is 0.354. The summed E-state index contributed by atoms with van der Waals surface area (Å²) in [5.41, 5.74) is 3.30. The first kappa shape index (κ1) is 17.5. The van der Waals surface area contributed by atoms with Crippen molar-refractivity contribution in [2.45, 2.75) is 83.6 Å². The quantitative estimate of drug-likeness (QED) is 0.788. The van der Waals surface area contributed by atoms with Crippen LogP contribution in [0.15, 0.2) is 16.8 Å². The first-order chi connectivity index (χ1) is 12.8. The molecular weight excluding hydrogens is 324 g/mol. The minimum atomic E-state index is 0.561. The van der Waals surface area contributed by atoms with Gasteiger partial charge in [0.25, 0.3) is 5.89 Å². The molecule has 0 bridgehead atoms. The summed E-state index contributed by atoms with van der Waals surface area (Å²) in [7, 11) is 0. The minimum absolute atomic E-state index is 0.561. The number of hydrogen-bond donors (Lipinski definition) is 1. The Bertz CT molecular complexity index is 715. The molecule has 140 valence electrons. The molecule has 2 aromatic heterocycles. The molecule has 26 heavy (non-hydrogen) atoms. The van der Waals surface area contributed by atoms with E-state index in [1.807, 2.05) is 13.1 Å². The van der Waals surface area contributed by atoms with Gasteiger partial charge < -0.3 is 9.84 Å². The van der Waals surface area contributed by atoms with Gasteiger partial charge in [0.15, 0.2) is 5.82 Å². The first-order valence-electron chi connectivity index (χ1n) is 10.3. The molecule has 0 spiro atoms. The molecule has 0 atom stereocenters. The molecule has 0 unspecified atom stereocenters. The summed E-state index contributed by atoms with van der Waals surface area (Å²) in [5.74, 6) is 2.00. The maximum atomic E-state index is 5.36. The van der Waals surface area contributed by atoms with Crippen molar-refractivity contribution >= 4 is 5.69 Å². The number of nitrogens with zero attached hydrogens (tertiary/aromatic N) is 3. The van der Waals surface area contributed by atoms with E-state index >= 15 is 0 Å². The first-order valence-corrected chi connectivity index (χ1v) is 10.3. The maximum absolute atomic E-state index is 5.36. The van der Waals surface area contributed by atoms with Gasteiger partial charge in [0, 0.05) is 12.2 Å². The van der Waals surface area contributed by atoms with Gasteiger partial charge in [0.2, 0.25) is 0 Å². The third-order valence-electron chi connectivity index (χ3n) is 5.92. The van der Waals surface area contributed by atoms with Crippen molar-refractivity contribution in [3.63, 3.8) is 0 Å². The van der Waals surface area contributed by atoms with E-state index in [0.717, 1.165) is 17.9 Å². The van der Waals surface area contributed by atoms with Gasteiger partial charge in [-0.2, -0.15) is 4.98 Å². The van der Waals surface area contributed by atoms with Crippen LogP contribution >= 0.6 is 0 Å². The van der Waals surface area contributed by atoms with Crippen LogP contribution in [-0.4, -0.2) is 21.2 Å². The minimum Gasteiger partial charge on any atom is -0.381 e. The molecule has 0 aliphatic heterocycles. The topological polar surface area (TPSA) is 63.8 Å². The number of aromatic nitrogens is 3. The Morgan fingerprint density at radius 3 is 2.46 bits per heavy atom. The fourth-order valence-corrected chi connectivity index (χ4v) is 4.44. The normalized spacial score (nSPS) is 19.6. The Morgan fingerprint density at radius 2 is 1.77 bits per heavy atom. The third kappa shape index (κ3) is 4.25. The van der Waals surface area contributed by atoms with Gasteiger partial charge in [-0.1, -0.05) is 56.5 Å². The van der Waals surface area contributed by atoms with Crippen molar-refractivity contribution in [3.8, 4) is 11.5 Å². The molecule has 0 aromatic carbocycles. The Balaban J connectivity index is 1.58. The van der Waals surface area contributed by atoms with Crippen molar-refractivity contribution < 1.29 is 4.52 Å². The lowest BCUT2D eigenvalue weighted by Crippen LogP contribution is -2.23. The number of aryl methyl sites for hydroxylation is 1. The largest absolute Gasteiger partial charge is 0.381 e. The SMILES string of the molecule is Cc1noc(-c2cnc(CC3CCCCC3)c(NC3CCCCC3)c2)n1. The van der Waals surface area contributed by atoms with E-state index in [0.29, 0.717) is 17.8 Å². The van der Waals surface area contributed by atoms with Crippen molar-refractivity contribution in [1.29, 1.82) is 0 Å². The second-order valence-corrected chi connectivity index (χ2v) is 8.05. The molecule has 5 nitrogen and oxygen atoms in total. The van der Waals surface area contributed by atoms with Crippen LogP contribution in [0.4, 0.5) is 5.69 Å². The van der Waals surface area contributed by atoms with E-state index in [1.165, 1.54) is 75.6 Å². The van der Waals surface area contributed by atoms with Gasteiger partial charge in [-0.05, 0) is 38.2 Å². The summed E-state index contributed by atoms with van der Waals surface area (Å²) < 4.78 is 5.36. The second kappa shape index (κ2) is 8.19. The second-order valence-electron chi connectivity index (χ2n) is 8.05. The monoisotopic (exact) mass is 354 g/mol. The van der Waals surface area contributed by atoms with Crippen molar-refractivity contribution in [2.24, 2.45) is 5.92 Å². The molecule has 2 aliphatic carbocycles. The standard InChI is InChI=1S/C21H30N4O/c1-15-23-21(26-25-15)17-13-20(24-18-10-6-3-7-11-18)19(22-14-17)12-16-8-4-2-5-9-16/h13-14,16,18,24H,2-12H2,1H3. The third-order valence-corrected chi connectivity index (χ3v) is 5.92. The summed E-state index contributed by atoms with van der Waals surface area (Å²) >= 11 is 0. The zero-order valence-corrected chi connectivity index (χ0v) is 15.8. The average molecular weight is 354 g/mol. The van der Waals surface area contributed by atoms with Gasteiger partial charge >= 0.3 is 0 Å². The summed E-state index contributed by atoms with van der Waals surface area (Å²) in [6.07, 6.45) is 16.3. The van der Waals surface area contributed by atoms with E-state index in [-0.39, 0.29) is 0 Å². The van der Waals surface area contributed by atoms with Crippen molar-refractivity contribution in [3.05, 3.63) is 23.8 Å². The predicted octanol–water partition coefficient (Wildman–Crippen LogP) is 5.31. The van der Waals surface area contributed by atoms with Crippen molar-refractivity contribution in [1.82, 2.24) is 15.1 Å². The van der Waals surface area contributed by atoms with Crippen LogP contribution in [0.3, 0.4) is 0 Å². The number of rotatable bonds is 5. The Morgan fingerprint density at radius 1 is 1.04 bits per heavy atom. The number of anilines is 1. The van der Waals surface area contributed by atoms with Crippen molar-refractivity contribution in [2.75, 3.05) is 5.32 Å². The van der Waals surface area contributed by atoms with Crippen LogP contribution in [0.2, 0.25) is 0 Å². The summed E-state index contributed by atoms with van der Waals surface area (Å²) in [5, 5.41) is 7.72. The highest BCUT2D eigenvalue weighted by Crippen LogP contribution is 2.32. The molecule has 1 N–H and O–H groups in total. The van der Waals surface area contributed by atoms with Gasteiger partial charge in [-0.25, -0.2) is 0 Å². The summed E-state index contributed by atoms with van der Waals surface area (Å²) in [4.78, 5) is 9.20. The molecule has 2 heterocycles. The van der Waals surface area contributed by atoms with Crippen LogP contribution in [0.1, 0.15) is 75.7 Å². The predicted molar refractivity (Wildman–Crippen MR) is 103 cm³/mol. The lowest BCUT2D eigenvalue weighted by atomic mass is 9.85. The summed E-state index contributed by atoms with van der Waals surface area (Å²) in [6, 6.07) is 2.74. The van der Waals surface area contributed by atoms with Gasteiger partial charge in [-0.3, -0.25) is 4.98 Å². The molecular formula is C21H30N4O. The van der Waals surface area contributed by atoms with Crippen LogP contribution in [0.5, 0.6) is 0 Å². The zero-order valence-electron chi connectivity index (χ0n) is 15.8. The number of pyridine rings is 1. The lowest BCUT2D eigenvalue weighted by Gasteiger charge is -2.27. The molecule has 4 rings (SSSR count). The van der Waals surface area contributed by atoms with Gasteiger partial charge in [0.05, 0.1) is 16.9 Å². The van der Waals surface area contributed by atoms with E-state index in [1.54, 1.807) is 0 Å². The number of nitrogens with one attached hydrogen (secondary N) is 1. The van der Waals surface area contributed by atoms with Gasteiger partial charge in [-0.15, -0.1) is 0 Å². The highest BCUT2D eigenvalue weighted by molar-refractivity contribution is 5.62. The number of hydrogen-bond acceptors (Lipinski definition) is 5. The fourth-order valence-electron chi connectivity index (χ4n) is 4.44. The molecule has 0 radical (unpaired) electrons. The van der Waals surface area contributed by atoms with Crippen LogP contribution < -0.4 is 5.32 Å². The zero-order chi connectivity index (χ0) is 17.8. The molecule has 5 heteroatoms. The van der Waals surface area contributed by atoms with E-state index in [9.17, 15) is 0 Å². The summed E-state index contributed by atoms with van der Waals surface area (Å²) in [6.45, 7) is 1.85. The van der Waals surface area contributed by atoms with Crippen LogP contribution in [0.25, 0.3) is 11.5 Å². The highest BCUT2D eigenvalue weighted by atomic mass is 16.5. The van der Waals surface area contributed by atoms with E-state index in [4.69, 9.17) is 9.51 Å². The average Bonchev–Trinajstić information content (AvgIpc) is 3.11. The Labute approximate surface area is 156 Å². The van der Waals surface area contributed by atoms with Crippen LogP contribution in [-0.2, 0) is 6.42 Å². The molecule has 2 aromatic rings. The molecule has 2 saturated carbocycles. The molecule has 0 amide bonds. The molecule has 2 fully saturated rings. The maximum Gasteiger partial charge on any atom is 0.259 e. The Kier molecular flexibility index (Phi) is 5.51. The van der Waals surface area contributed by atoms with Gasteiger partial charge in [0.1, 0.15) is 0 Å².